The number of aliphatic hydroxyl groups is 1. The van der Waals surface area contributed by atoms with Crippen LogP contribution in [0.25, 0.3) is 0 Å². The zero-order valence-corrected chi connectivity index (χ0v) is 21.6. The molecule has 2 fully saturated rings. The number of aliphatic hydroxyl groups excluding tert-OH is 1. The zero-order chi connectivity index (χ0) is 27.4. The van der Waals surface area contributed by atoms with E-state index in [1.807, 2.05) is 24.3 Å². The fraction of sp³-hybridized carbons (Fsp3) is 0.462. The lowest BCUT2D eigenvalue weighted by Gasteiger charge is -2.34. The number of rotatable bonds is 7. The summed E-state index contributed by atoms with van der Waals surface area (Å²) >= 11 is 5.96. The molecule has 2 heterocycles. The van der Waals surface area contributed by atoms with Gasteiger partial charge < -0.3 is 25.4 Å². The molecule has 206 valence electrons. The highest BCUT2D eigenvalue weighted by atomic mass is 35.5. The number of β-amino-alcohol motifs (C(OH)–C–C–N with tert-alkyl or cyclic N) is 1. The van der Waals surface area contributed by atoms with Crippen LogP contribution in [-0.4, -0.2) is 79.5 Å². The molecule has 1 amide bonds. The third kappa shape index (κ3) is 6.96. The van der Waals surface area contributed by atoms with E-state index >= 15 is 0 Å². The lowest BCUT2D eigenvalue weighted by Crippen LogP contribution is -2.49. The van der Waals surface area contributed by atoms with Crippen LogP contribution in [0.15, 0.2) is 42.5 Å². The van der Waals surface area contributed by atoms with E-state index in [0.717, 1.165) is 38.5 Å². The van der Waals surface area contributed by atoms with E-state index < -0.39 is 24.2 Å². The van der Waals surface area contributed by atoms with Crippen molar-refractivity contribution in [2.24, 2.45) is 0 Å². The second-order valence-electron chi connectivity index (χ2n) is 9.57. The number of carbonyl (C=O) groups excluding carboxylic acids is 2. The summed E-state index contributed by atoms with van der Waals surface area (Å²) < 4.78 is 42.5. The molecular formula is C26H30ClF3N4O4. The minimum absolute atomic E-state index is 0.160. The summed E-state index contributed by atoms with van der Waals surface area (Å²) in [5.74, 6) is -3.14. The van der Waals surface area contributed by atoms with Gasteiger partial charge in [0.1, 0.15) is 5.75 Å². The van der Waals surface area contributed by atoms with Gasteiger partial charge in [-0.2, -0.15) is 13.2 Å². The third-order valence-electron chi connectivity index (χ3n) is 6.87. The summed E-state index contributed by atoms with van der Waals surface area (Å²) in [4.78, 5) is 27.8. The molecule has 0 unspecified atom stereocenters. The molecule has 0 aromatic heterocycles. The number of esters is 1. The molecule has 2 saturated heterocycles. The van der Waals surface area contributed by atoms with Gasteiger partial charge in [0.05, 0.1) is 23.4 Å². The molecule has 3 N–H and O–H groups in total. The molecule has 0 saturated carbocycles. The van der Waals surface area contributed by atoms with E-state index in [0.29, 0.717) is 11.6 Å². The summed E-state index contributed by atoms with van der Waals surface area (Å²) in [6.45, 7) is 3.10. The number of anilines is 1. The first-order valence-electron chi connectivity index (χ1n) is 12.3. The van der Waals surface area contributed by atoms with E-state index in [1.54, 1.807) is 4.90 Å². The van der Waals surface area contributed by atoms with Crippen molar-refractivity contribution in [2.45, 2.75) is 43.8 Å². The van der Waals surface area contributed by atoms with Crippen LogP contribution in [0, 0.1) is 0 Å². The van der Waals surface area contributed by atoms with Gasteiger partial charge in [-0.1, -0.05) is 23.7 Å². The number of carbonyl (C=O) groups is 2. The molecule has 4 rings (SSSR count). The van der Waals surface area contributed by atoms with Crippen LogP contribution in [0.3, 0.4) is 0 Å². The maximum absolute atomic E-state index is 12.7. The Balaban J connectivity index is 1.38. The lowest BCUT2D eigenvalue weighted by atomic mass is 10.0. The molecule has 0 radical (unpaired) electrons. The molecule has 2 aliphatic heterocycles. The first-order valence-corrected chi connectivity index (χ1v) is 12.7. The van der Waals surface area contributed by atoms with Crippen molar-refractivity contribution in [1.29, 1.82) is 0 Å². The van der Waals surface area contributed by atoms with Gasteiger partial charge in [0.15, 0.2) is 0 Å². The largest absolute Gasteiger partial charge is 0.491 e. The minimum atomic E-state index is -5.15. The van der Waals surface area contributed by atoms with Crippen LogP contribution in [0.4, 0.5) is 18.9 Å². The Kier molecular flexibility index (Phi) is 8.81. The molecule has 0 spiro atoms. The predicted molar refractivity (Wildman–Crippen MR) is 136 cm³/mol. The van der Waals surface area contributed by atoms with E-state index in [-0.39, 0.29) is 35.6 Å². The molecule has 12 heteroatoms. The molecule has 38 heavy (non-hydrogen) atoms. The van der Waals surface area contributed by atoms with Crippen LogP contribution in [-0.2, 0) is 11.3 Å². The van der Waals surface area contributed by atoms with Crippen LogP contribution >= 0.6 is 11.6 Å². The minimum Gasteiger partial charge on any atom is -0.420 e. The summed E-state index contributed by atoms with van der Waals surface area (Å²) in [5.41, 5.74) is 1.67. The zero-order valence-electron chi connectivity index (χ0n) is 20.8. The Labute approximate surface area is 223 Å². The number of alkyl halides is 3. The standard InChI is InChI=1S/C26H30ClF3N4O4/c1-31-24(36)20-7-6-19(38-25(37)26(28,29)30)12-22(20)34-14-21(23(35)15-34)32-18-8-10-33(11-9-18)13-16-2-4-17(27)5-3-16/h2-7,12,18,21,23,32,35H,8-11,13-15H2,1H3,(H,31,36)/t21-,23-/m0/s1. The van der Waals surface area contributed by atoms with E-state index in [9.17, 15) is 27.9 Å². The number of hydrogen-bond donors (Lipinski definition) is 3. The van der Waals surface area contributed by atoms with Crippen molar-refractivity contribution in [3.8, 4) is 5.75 Å². The van der Waals surface area contributed by atoms with Crippen molar-refractivity contribution in [1.82, 2.24) is 15.5 Å². The number of ether oxygens (including phenoxy) is 1. The number of likely N-dealkylation sites (tertiary alicyclic amines) is 1. The van der Waals surface area contributed by atoms with E-state index in [1.165, 1.54) is 24.7 Å². The van der Waals surface area contributed by atoms with Crippen molar-refractivity contribution < 1.29 is 32.6 Å². The summed E-state index contributed by atoms with van der Waals surface area (Å²) in [6, 6.07) is 11.3. The summed E-state index contributed by atoms with van der Waals surface area (Å²) in [6.07, 6.45) is -4.13. The number of halogens is 4. The SMILES string of the molecule is CNC(=O)c1ccc(OC(=O)C(F)(F)F)cc1N1C[C@H](NC2CCN(Cc3ccc(Cl)cc3)CC2)[C@@H](O)C1. The number of amides is 1. The number of piperidine rings is 1. The Morgan fingerprint density at radius 2 is 1.79 bits per heavy atom. The normalized spacial score (nSPS) is 20.9. The maximum atomic E-state index is 12.7. The van der Waals surface area contributed by atoms with Crippen molar-refractivity contribution in [3.63, 3.8) is 0 Å². The Bertz CT molecular complexity index is 1140. The molecule has 0 bridgehead atoms. The van der Waals surface area contributed by atoms with Gasteiger partial charge in [-0.25, -0.2) is 4.79 Å². The highest BCUT2D eigenvalue weighted by molar-refractivity contribution is 6.30. The van der Waals surface area contributed by atoms with Crippen LogP contribution < -0.4 is 20.3 Å². The van der Waals surface area contributed by atoms with E-state index in [2.05, 4.69) is 20.3 Å². The van der Waals surface area contributed by atoms with Gasteiger partial charge >= 0.3 is 12.1 Å². The highest BCUT2D eigenvalue weighted by Crippen LogP contribution is 2.31. The second kappa shape index (κ2) is 11.9. The fourth-order valence-corrected chi connectivity index (χ4v) is 5.01. The monoisotopic (exact) mass is 554 g/mol. The third-order valence-corrected chi connectivity index (χ3v) is 7.12. The first kappa shape index (κ1) is 28.2. The second-order valence-corrected chi connectivity index (χ2v) is 10.0. The van der Waals surface area contributed by atoms with Gasteiger partial charge in [0, 0.05) is 43.8 Å². The average Bonchev–Trinajstić information content (AvgIpc) is 3.25. The average molecular weight is 555 g/mol. The highest BCUT2D eigenvalue weighted by Gasteiger charge is 2.42. The number of nitrogens with one attached hydrogen (secondary N) is 2. The van der Waals surface area contributed by atoms with Gasteiger partial charge in [-0.15, -0.1) is 0 Å². The van der Waals surface area contributed by atoms with E-state index in [4.69, 9.17) is 11.6 Å². The molecular weight excluding hydrogens is 525 g/mol. The number of nitrogens with zero attached hydrogens (tertiary/aromatic N) is 2. The Hall–Kier alpha value is -2.86. The van der Waals surface area contributed by atoms with Crippen LogP contribution in [0.2, 0.25) is 5.02 Å². The fourth-order valence-electron chi connectivity index (χ4n) is 4.88. The first-order chi connectivity index (χ1) is 18.0. The van der Waals surface area contributed by atoms with Gasteiger partial charge in [0.25, 0.3) is 5.91 Å². The lowest BCUT2D eigenvalue weighted by molar-refractivity contribution is -0.189. The van der Waals surface area contributed by atoms with Crippen molar-refractivity contribution in [2.75, 3.05) is 38.1 Å². The molecule has 8 nitrogen and oxygen atoms in total. The molecule has 2 aromatic carbocycles. The van der Waals surface area contributed by atoms with Gasteiger partial charge in [0.2, 0.25) is 0 Å². The Morgan fingerprint density at radius 3 is 2.42 bits per heavy atom. The van der Waals surface area contributed by atoms with Gasteiger partial charge in [-0.05, 0) is 55.8 Å². The van der Waals surface area contributed by atoms with Crippen LogP contribution in [0.5, 0.6) is 5.75 Å². The summed E-state index contributed by atoms with van der Waals surface area (Å²) in [7, 11) is 1.44. The molecule has 2 atom stereocenters. The summed E-state index contributed by atoms with van der Waals surface area (Å²) in [5, 5.41) is 17.5. The van der Waals surface area contributed by atoms with Crippen LogP contribution in [0.1, 0.15) is 28.8 Å². The number of benzene rings is 2. The molecule has 2 aromatic rings. The quantitative estimate of drug-likeness (QED) is 0.358. The maximum Gasteiger partial charge on any atom is 0.491 e. The Morgan fingerprint density at radius 1 is 1.11 bits per heavy atom. The predicted octanol–water partition coefficient (Wildman–Crippen LogP) is 2.97. The van der Waals surface area contributed by atoms with Crippen molar-refractivity contribution >= 4 is 29.2 Å². The molecule has 2 aliphatic rings. The topological polar surface area (TPSA) is 94.1 Å². The van der Waals surface area contributed by atoms with Crippen molar-refractivity contribution in [3.05, 3.63) is 58.6 Å². The molecule has 0 aliphatic carbocycles. The smallest absolute Gasteiger partial charge is 0.420 e. The van der Waals surface area contributed by atoms with Gasteiger partial charge in [-0.3, -0.25) is 9.69 Å². The number of hydrogen-bond acceptors (Lipinski definition) is 7.